The summed E-state index contributed by atoms with van der Waals surface area (Å²) < 4.78 is 11.1. The third-order valence-corrected chi connectivity index (χ3v) is 6.82. The molecule has 0 spiro atoms. The van der Waals surface area contributed by atoms with Crippen molar-refractivity contribution in [3.8, 4) is 28.4 Å². The van der Waals surface area contributed by atoms with Crippen LogP contribution in [0.15, 0.2) is 84.9 Å². The number of unbranched alkanes of at least 4 members (excludes halogenated alkanes) is 2. The van der Waals surface area contributed by atoms with E-state index in [0.29, 0.717) is 11.5 Å². The highest BCUT2D eigenvalue weighted by Gasteiger charge is 2.11. The van der Waals surface area contributed by atoms with Crippen LogP contribution in [0.25, 0.3) is 11.1 Å². The summed E-state index contributed by atoms with van der Waals surface area (Å²) in [4.78, 5) is 25.2. The summed E-state index contributed by atoms with van der Waals surface area (Å²) in [5.74, 6) is 1.91. The number of nitrogen functional groups attached to an aromatic ring is 2. The lowest BCUT2D eigenvalue weighted by Gasteiger charge is -2.20. The van der Waals surface area contributed by atoms with Gasteiger partial charge in [-0.05, 0) is 73.9 Å². The van der Waals surface area contributed by atoms with Gasteiger partial charge < -0.3 is 30.7 Å². The molecular weight excluding hydrogens is 628 g/mol. The summed E-state index contributed by atoms with van der Waals surface area (Å²) in [7, 11) is 6.23. The predicted octanol–water partition coefficient (Wildman–Crippen LogP) is 8.58. The molecule has 0 radical (unpaired) electrons. The van der Waals surface area contributed by atoms with Gasteiger partial charge in [0.15, 0.2) is 5.75 Å². The fraction of sp³-hybridized carbons (Fsp3) is 0.351. The Balaban J connectivity index is 0.000000378. The lowest BCUT2D eigenvalue weighted by molar-refractivity contribution is -0.384. The summed E-state index contributed by atoms with van der Waals surface area (Å²) in [5.41, 5.74) is 17.0. The van der Waals surface area contributed by atoms with E-state index in [0.717, 1.165) is 59.9 Å². The first kappa shape index (κ1) is 42.0. The second-order valence-electron chi connectivity index (χ2n) is 10.7. The average molecular weight is 681 g/mol. The SMILES string of the molecule is CCCCCOc1cc(N(C)CCC)ccc1N.COO.COOc1ccc(-c2ccc([N+](=O)[O-])cc2)c(OC)c1.Cc1ccc(N)cc1. The van der Waals surface area contributed by atoms with E-state index in [9.17, 15) is 10.1 Å². The van der Waals surface area contributed by atoms with Crippen LogP contribution >= 0.6 is 0 Å². The maximum atomic E-state index is 10.6. The van der Waals surface area contributed by atoms with Crippen molar-refractivity contribution in [1.29, 1.82) is 0 Å². The number of nitrogens with zero attached hydrogens (tertiary/aromatic N) is 2. The van der Waals surface area contributed by atoms with Crippen LogP contribution in [0.3, 0.4) is 0 Å². The molecule has 0 saturated heterocycles. The van der Waals surface area contributed by atoms with Crippen molar-refractivity contribution in [2.45, 2.75) is 46.5 Å². The molecule has 0 aliphatic heterocycles. The Morgan fingerprint density at radius 1 is 0.837 bits per heavy atom. The molecule has 4 aromatic carbocycles. The Morgan fingerprint density at radius 3 is 2.02 bits per heavy atom. The molecule has 12 heteroatoms. The zero-order valence-corrected chi connectivity index (χ0v) is 29.7. The van der Waals surface area contributed by atoms with Gasteiger partial charge in [0.25, 0.3) is 5.69 Å². The fourth-order valence-corrected chi connectivity index (χ4v) is 4.27. The number of non-ortho nitro benzene ring substituents is 1. The fourth-order valence-electron chi connectivity index (χ4n) is 4.27. The van der Waals surface area contributed by atoms with E-state index in [1.165, 1.54) is 44.8 Å². The molecule has 0 saturated carbocycles. The molecule has 0 aliphatic carbocycles. The molecular formula is C37H52N4O8. The van der Waals surface area contributed by atoms with Crippen LogP contribution in [0, 0.1) is 17.0 Å². The Hall–Kier alpha value is -5.04. The van der Waals surface area contributed by atoms with Gasteiger partial charge in [0.05, 0.1) is 38.5 Å². The van der Waals surface area contributed by atoms with Crippen molar-refractivity contribution in [3.63, 3.8) is 0 Å². The number of nitrogens with two attached hydrogens (primary N) is 2. The maximum Gasteiger partial charge on any atom is 0.269 e. The second-order valence-corrected chi connectivity index (χ2v) is 10.7. The number of nitro groups is 1. The largest absolute Gasteiger partial charge is 0.496 e. The van der Waals surface area contributed by atoms with Gasteiger partial charge in [-0.25, -0.2) is 4.89 Å². The van der Waals surface area contributed by atoms with E-state index >= 15 is 0 Å². The zero-order valence-electron chi connectivity index (χ0n) is 29.7. The third-order valence-electron chi connectivity index (χ3n) is 6.82. The molecule has 0 bridgehead atoms. The molecule has 4 aromatic rings. The molecule has 0 heterocycles. The van der Waals surface area contributed by atoms with E-state index in [1.54, 1.807) is 37.4 Å². The highest BCUT2D eigenvalue weighted by atomic mass is 17.2. The monoisotopic (exact) mass is 680 g/mol. The Bertz CT molecular complexity index is 1460. The number of methoxy groups -OCH3 is 1. The topological polar surface area (TPSA) is 165 Å². The first-order valence-corrected chi connectivity index (χ1v) is 15.9. The molecule has 49 heavy (non-hydrogen) atoms. The highest BCUT2D eigenvalue weighted by Crippen LogP contribution is 2.34. The van der Waals surface area contributed by atoms with Gasteiger partial charge >= 0.3 is 0 Å². The van der Waals surface area contributed by atoms with Crippen LogP contribution < -0.4 is 30.7 Å². The van der Waals surface area contributed by atoms with E-state index in [2.05, 4.69) is 35.6 Å². The highest BCUT2D eigenvalue weighted by molar-refractivity contribution is 5.72. The first-order valence-electron chi connectivity index (χ1n) is 15.9. The van der Waals surface area contributed by atoms with Crippen LogP contribution in [-0.4, -0.2) is 51.7 Å². The maximum absolute atomic E-state index is 10.6. The van der Waals surface area contributed by atoms with Gasteiger partial charge in [-0.1, -0.05) is 44.4 Å². The summed E-state index contributed by atoms with van der Waals surface area (Å²) >= 11 is 0. The Morgan fingerprint density at radius 2 is 1.49 bits per heavy atom. The molecule has 12 nitrogen and oxygen atoms in total. The minimum Gasteiger partial charge on any atom is -0.496 e. The average Bonchev–Trinajstić information content (AvgIpc) is 3.10. The first-order chi connectivity index (χ1) is 23.5. The molecule has 5 N–H and O–H groups in total. The number of aryl methyl sites for hydroxylation is 1. The lowest BCUT2D eigenvalue weighted by atomic mass is 10.0. The van der Waals surface area contributed by atoms with E-state index < -0.39 is 4.92 Å². The van der Waals surface area contributed by atoms with Gasteiger partial charge in [0.2, 0.25) is 0 Å². The number of rotatable bonds is 13. The van der Waals surface area contributed by atoms with Crippen molar-refractivity contribution in [2.75, 3.05) is 57.9 Å². The second kappa shape index (κ2) is 24.2. The molecule has 0 amide bonds. The van der Waals surface area contributed by atoms with E-state index in [4.69, 9.17) is 31.1 Å². The number of anilines is 3. The van der Waals surface area contributed by atoms with Gasteiger partial charge in [-0.2, -0.15) is 4.89 Å². The molecule has 0 aliphatic rings. The smallest absolute Gasteiger partial charge is 0.269 e. The summed E-state index contributed by atoms with van der Waals surface area (Å²) in [6, 6.07) is 25.3. The quantitative estimate of drug-likeness (QED) is 0.0407. The van der Waals surface area contributed by atoms with Crippen molar-refractivity contribution in [3.05, 3.63) is 101 Å². The van der Waals surface area contributed by atoms with Gasteiger partial charge in [0.1, 0.15) is 11.5 Å². The van der Waals surface area contributed by atoms with Gasteiger partial charge in [-0.3, -0.25) is 15.4 Å². The van der Waals surface area contributed by atoms with Crippen LogP contribution in [0.4, 0.5) is 22.7 Å². The normalized spacial score (nSPS) is 9.80. The third kappa shape index (κ3) is 16.1. The standard InChI is InChI=1S/C15H26N2O.C14H13NO5.C7H9N.CH4O2/c1-4-6-7-11-18-15-12-13(8-9-14(15)16)17(3)10-5-2;1-18-14-9-12(20-19-2)7-8-13(14)10-3-5-11(6-4-10)15(16)17;1-6-2-4-7(8)5-3-6;1-3-2/h8-9,12H,4-7,10-11,16H2,1-3H3;3-9H,1-2H3;2-5H,8H2,1H3;2H,1H3. The Kier molecular flexibility index (Phi) is 20.7. The van der Waals surface area contributed by atoms with Crippen molar-refractivity contribution in [1.82, 2.24) is 0 Å². The van der Waals surface area contributed by atoms with E-state index in [-0.39, 0.29) is 5.69 Å². The number of ether oxygens (including phenoxy) is 2. The lowest BCUT2D eigenvalue weighted by Crippen LogP contribution is -2.17. The number of hydrogen-bond donors (Lipinski definition) is 3. The van der Waals surface area contributed by atoms with Crippen molar-refractivity contribution < 1.29 is 34.3 Å². The molecule has 0 fully saturated rings. The molecule has 4 rings (SSSR count). The van der Waals surface area contributed by atoms with Crippen LogP contribution in [0.1, 0.15) is 45.1 Å². The summed E-state index contributed by atoms with van der Waals surface area (Å²) in [6.07, 6.45) is 4.63. The van der Waals surface area contributed by atoms with E-state index in [1.807, 2.05) is 49.4 Å². The van der Waals surface area contributed by atoms with Crippen molar-refractivity contribution >= 4 is 22.7 Å². The van der Waals surface area contributed by atoms with Crippen molar-refractivity contribution in [2.24, 2.45) is 0 Å². The predicted molar refractivity (Wildman–Crippen MR) is 197 cm³/mol. The van der Waals surface area contributed by atoms with Crippen LogP contribution in [0.2, 0.25) is 0 Å². The Labute approximate surface area is 290 Å². The minimum absolute atomic E-state index is 0.0482. The van der Waals surface area contributed by atoms with Crippen LogP contribution in [-0.2, 0) is 9.78 Å². The van der Waals surface area contributed by atoms with Crippen LogP contribution in [0.5, 0.6) is 17.2 Å². The number of benzene rings is 4. The zero-order chi connectivity index (χ0) is 36.6. The molecule has 268 valence electrons. The van der Waals surface area contributed by atoms with Gasteiger partial charge in [-0.15, -0.1) is 0 Å². The molecule has 0 unspecified atom stereocenters. The summed E-state index contributed by atoms with van der Waals surface area (Å²) in [5, 5.41) is 17.7. The molecule has 0 aromatic heterocycles. The van der Waals surface area contributed by atoms with Gasteiger partial charge in [0, 0.05) is 54.8 Å². The minimum atomic E-state index is -0.434. The molecule has 0 atom stereocenters. The number of nitro benzene ring substituents is 1. The number of hydrogen-bond acceptors (Lipinski definition) is 11. The summed E-state index contributed by atoms with van der Waals surface area (Å²) in [6.45, 7) is 8.20.